The zero-order valence-corrected chi connectivity index (χ0v) is 9.64. The van der Waals surface area contributed by atoms with Crippen LogP contribution in [0.1, 0.15) is 29.7 Å². The molecule has 0 aromatic heterocycles. The molecule has 1 aromatic carbocycles. The van der Waals surface area contributed by atoms with Crippen LogP contribution in [0, 0.1) is 6.92 Å². The lowest BCUT2D eigenvalue weighted by molar-refractivity contribution is 0.472. The summed E-state index contributed by atoms with van der Waals surface area (Å²) in [5.41, 5.74) is 4.46. The molecule has 2 nitrogen and oxygen atoms in total. The molecule has 2 N–H and O–H groups in total. The standard InChI is InChI=1S/C13H20N2/c1-3-14-9-12-13-10(2)5-4-6-11(13)7-8-15-12/h4-6,12,14-15H,3,7-9H2,1-2H3. The monoisotopic (exact) mass is 204 g/mol. The van der Waals surface area contributed by atoms with Crippen LogP contribution in [-0.2, 0) is 6.42 Å². The Balaban J connectivity index is 2.24. The summed E-state index contributed by atoms with van der Waals surface area (Å²) in [5.74, 6) is 0. The summed E-state index contributed by atoms with van der Waals surface area (Å²) >= 11 is 0. The lowest BCUT2D eigenvalue weighted by Gasteiger charge is -2.28. The second-order valence-electron chi connectivity index (χ2n) is 4.21. The van der Waals surface area contributed by atoms with Crippen LogP contribution >= 0.6 is 0 Å². The zero-order chi connectivity index (χ0) is 10.7. The van der Waals surface area contributed by atoms with Crippen LogP contribution in [0.4, 0.5) is 0 Å². The van der Waals surface area contributed by atoms with Gasteiger partial charge in [0.25, 0.3) is 0 Å². The van der Waals surface area contributed by atoms with Crippen LogP contribution in [0.3, 0.4) is 0 Å². The summed E-state index contributed by atoms with van der Waals surface area (Å²) in [4.78, 5) is 0. The molecule has 1 aliphatic heterocycles. The molecule has 0 fully saturated rings. The fraction of sp³-hybridized carbons (Fsp3) is 0.538. The minimum Gasteiger partial charge on any atom is -0.315 e. The van der Waals surface area contributed by atoms with Gasteiger partial charge in [-0.3, -0.25) is 0 Å². The van der Waals surface area contributed by atoms with E-state index in [0.717, 1.165) is 19.6 Å². The molecule has 1 aromatic rings. The van der Waals surface area contributed by atoms with E-state index < -0.39 is 0 Å². The quantitative estimate of drug-likeness (QED) is 0.784. The van der Waals surface area contributed by atoms with Crippen LogP contribution in [0.2, 0.25) is 0 Å². The van der Waals surface area contributed by atoms with E-state index in [-0.39, 0.29) is 0 Å². The number of nitrogens with one attached hydrogen (secondary N) is 2. The van der Waals surface area contributed by atoms with Crippen molar-refractivity contribution in [2.24, 2.45) is 0 Å². The average molecular weight is 204 g/mol. The van der Waals surface area contributed by atoms with Crippen molar-refractivity contribution in [3.8, 4) is 0 Å². The Morgan fingerprint density at radius 3 is 3.13 bits per heavy atom. The molecule has 2 heteroatoms. The average Bonchev–Trinajstić information content (AvgIpc) is 2.26. The van der Waals surface area contributed by atoms with E-state index in [1.54, 1.807) is 0 Å². The van der Waals surface area contributed by atoms with Gasteiger partial charge in [-0.05, 0) is 43.1 Å². The smallest absolute Gasteiger partial charge is 0.0452 e. The van der Waals surface area contributed by atoms with Crippen LogP contribution in [-0.4, -0.2) is 19.6 Å². The number of benzene rings is 1. The topological polar surface area (TPSA) is 24.1 Å². The van der Waals surface area contributed by atoms with Crippen LogP contribution < -0.4 is 10.6 Å². The first-order chi connectivity index (χ1) is 7.33. The second-order valence-corrected chi connectivity index (χ2v) is 4.21. The zero-order valence-electron chi connectivity index (χ0n) is 9.64. The summed E-state index contributed by atoms with van der Waals surface area (Å²) in [6, 6.07) is 7.14. The molecular formula is C13H20N2. The largest absolute Gasteiger partial charge is 0.315 e. The van der Waals surface area contributed by atoms with Gasteiger partial charge in [-0.15, -0.1) is 0 Å². The van der Waals surface area contributed by atoms with Gasteiger partial charge in [-0.1, -0.05) is 25.1 Å². The van der Waals surface area contributed by atoms with Crippen LogP contribution in [0.5, 0.6) is 0 Å². The van der Waals surface area contributed by atoms with Crippen molar-refractivity contribution in [1.29, 1.82) is 0 Å². The molecule has 0 bridgehead atoms. The lowest BCUT2D eigenvalue weighted by Crippen LogP contribution is -2.37. The maximum atomic E-state index is 3.59. The molecule has 0 amide bonds. The van der Waals surface area contributed by atoms with E-state index in [4.69, 9.17) is 0 Å². The molecule has 0 aliphatic carbocycles. The van der Waals surface area contributed by atoms with Gasteiger partial charge < -0.3 is 10.6 Å². The summed E-state index contributed by atoms with van der Waals surface area (Å²) < 4.78 is 0. The minimum absolute atomic E-state index is 0.495. The maximum absolute atomic E-state index is 3.59. The Kier molecular flexibility index (Phi) is 3.39. The number of fused-ring (bicyclic) bond motifs is 1. The summed E-state index contributed by atoms with van der Waals surface area (Å²) in [5, 5.41) is 7.01. The van der Waals surface area contributed by atoms with Gasteiger partial charge in [0.2, 0.25) is 0 Å². The molecule has 1 aliphatic rings. The predicted octanol–water partition coefficient (Wildman–Crippen LogP) is 1.79. The highest BCUT2D eigenvalue weighted by Gasteiger charge is 2.20. The molecule has 2 rings (SSSR count). The Morgan fingerprint density at radius 2 is 2.33 bits per heavy atom. The van der Waals surface area contributed by atoms with Crippen molar-refractivity contribution < 1.29 is 0 Å². The van der Waals surface area contributed by atoms with Crippen molar-refractivity contribution in [2.75, 3.05) is 19.6 Å². The number of aryl methyl sites for hydroxylation is 1. The molecule has 1 atom stereocenters. The van der Waals surface area contributed by atoms with E-state index >= 15 is 0 Å². The van der Waals surface area contributed by atoms with Crippen molar-refractivity contribution in [3.05, 3.63) is 34.9 Å². The Bertz CT molecular complexity index is 333. The van der Waals surface area contributed by atoms with Gasteiger partial charge in [-0.2, -0.15) is 0 Å². The Morgan fingerprint density at radius 1 is 1.47 bits per heavy atom. The molecule has 1 heterocycles. The fourth-order valence-corrected chi connectivity index (χ4v) is 2.40. The Labute approximate surface area is 92.1 Å². The third-order valence-electron chi connectivity index (χ3n) is 3.15. The van der Waals surface area contributed by atoms with Crippen molar-refractivity contribution in [2.45, 2.75) is 26.3 Å². The van der Waals surface area contributed by atoms with Gasteiger partial charge in [0.1, 0.15) is 0 Å². The predicted molar refractivity (Wildman–Crippen MR) is 64.2 cm³/mol. The van der Waals surface area contributed by atoms with Gasteiger partial charge >= 0.3 is 0 Å². The molecular weight excluding hydrogens is 184 g/mol. The first-order valence-electron chi connectivity index (χ1n) is 5.85. The Hall–Kier alpha value is -0.860. The highest BCUT2D eigenvalue weighted by atomic mass is 15.0. The third kappa shape index (κ3) is 2.21. The SMILES string of the molecule is CCNCC1NCCc2cccc(C)c21. The number of rotatable bonds is 3. The lowest BCUT2D eigenvalue weighted by atomic mass is 9.90. The van der Waals surface area contributed by atoms with E-state index in [1.807, 2.05) is 0 Å². The molecule has 1 unspecified atom stereocenters. The highest BCUT2D eigenvalue weighted by molar-refractivity contribution is 5.39. The van der Waals surface area contributed by atoms with Crippen molar-refractivity contribution in [3.63, 3.8) is 0 Å². The van der Waals surface area contributed by atoms with E-state index in [9.17, 15) is 0 Å². The summed E-state index contributed by atoms with van der Waals surface area (Å²) in [6.07, 6.45) is 1.17. The molecule has 15 heavy (non-hydrogen) atoms. The normalized spacial score (nSPS) is 20.0. The molecule has 82 valence electrons. The van der Waals surface area contributed by atoms with Crippen molar-refractivity contribution >= 4 is 0 Å². The van der Waals surface area contributed by atoms with Crippen LogP contribution in [0.15, 0.2) is 18.2 Å². The first kappa shape index (κ1) is 10.7. The molecule has 0 saturated carbocycles. The maximum Gasteiger partial charge on any atom is 0.0452 e. The van der Waals surface area contributed by atoms with Crippen molar-refractivity contribution in [1.82, 2.24) is 10.6 Å². The van der Waals surface area contributed by atoms with Crippen LogP contribution in [0.25, 0.3) is 0 Å². The molecule has 0 spiro atoms. The summed E-state index contributed by atoms with van der Waals surface area (Å²) in [6.45, 7) is 7.55. The van der Waals surface area contributed by atoms with Gasteiger partial charge in [-0.25, -0.2) is 0 Å². The molecule has 0 radical (unpaired) electrons. The van der Waals surface area contributed by atoms with E-state index in [2.05, 4.69) is 42.7 Å². The third-order valence-corrected chi connectivity index (χ3v) is 3.15. The molecule has 0 saturated heterocycles. The number of likely N-dealkylation sites (N-methyl/N-ethyl adjacent to an activating group) is 1. The number of hydrogen-bond donors (Lipinski definition) is 2. The van der Waals surface area contributed by atoms with E-state index in [0.29, 0.717) is 6.04 Å². The van der Waals surface area contributed by atoms with E-state index in [1.165, 1.54) is 23.1 Å². The number of hydrogen-bond acceptors (Lipinski definition) is 2. The van der Waals surface area contributed by atoms with Gasteiger partial charge in [0, 0.05) is 12.6 Å². The summed E-state index contributed by atoms with van der Waals surface area (Å²) in [7, 11) is 0. The van der Waals surface area contributed by atoms with Gasteiger partial charge in [0.05, 0.1) is 0 Å². The second kappa shape index (κ2) is 4.77. The minimum atomic E-state index is 0.495. The van der Waals surface area contributed by atoms with Gasteiger partial charge in [0.15, 0.2) is 0 Å². The highest BCUT2D eigenvalue weighted by Crippen LogP contribution is 2.25. The fourth-order valence-electron chi connectivity index (χ4n) is 2.40. The first-order valence-corrected chi connectivity index (χ1v) is 5.85.